The zero-order valence-electron chi connectivity index (χ0n) is 10.1. The molecule has 0 bridgehead atoms. The van der Waals surface area contributed by atoms with Crippen LogP contribution in [0.3, 0.4) is 0 Å². The second kappa shape index (κ2) is 5.65. The van der Waals surface area contributed by atoms with Gasteiger partial charge in [-0.15, -0.1) is 0 Å². The maximum atomic E-state index is 11.2. The number of carbonyl (C=O) groups is 1. The van der Waals surface area contributed by atoms with Crippen LogP contribution in [-0.2, 0) is 9.53 Å². The van der Waals surface area contributed by atoms with Crippen LogP contribution in [0.4, 0.5) is 0 Å². The van der Waals surface area contributed by atoms with Gasteiger partial charge in [0, 0.05) is 6.08 Å². The van der Waals surface area contributed by atoms with Crippen molar-refractivity contribution in [3.63, 3.8) is 0 Å². The Bertz CT molecular complexity index is 369. The van der Waals surface area contributed by atoms with Crippen molar-refractivity contribution in [2.75, 3.05) is 6.61 Å². The van der Waals surface area contributed by atoms with Crippen molar-refractivity contribution >= 4 is 19.2 Å². The zero-order chi connectivity index (χ0) is 12.0. The number of hydrogen-bond donors (Lipinski definition) is 0. The second-order valence-corrected chi connectivity index (χ2v) is 8.53. The number of rotatable bonds is 4. The van der Waals surface area contributed by atoms with Gasteiger partial charge in [0.25, 0.3) is 0 Å². The second-order valence-electron chi connectivity index (χ2n) is 4.17. The highest BCUT2D eigenvalue weighted by Crippen LogP contribution is 2.05. The first kappa shape index (κ1) is 12.7. The van der Waals surface area contributed by atoms with E-state index in [1.165, 1.54) is 5.19 Å². The molecule has 1 aromatic rings. The van der Waals surface area contributed by atoms with Crippen LogP contribution in [0.5, 0.6) is 0 Å². The average Bonchev–Trinajstić information content (AvgIpc) is 2.28. The molecule has 0 amide bonds. The van der Waals surface area contributed by atoms with E-state index >= 15 is 0 Å². The first-order valence-corrected chi connectivity index (χ1v) is 8.55. The summed E-state index contributed by atoms with van der Waals surface area (Å²) in [7, 11) is -1.65. The van der Waals surface area contributed by atoms with Crippen LogP contribution in [-0.4, -0.2) is 20.7 Å². The normalized spacial score (nSPS) is 11.7. The van der Waals surface area contributed by atoms with Crippen LogP contribution in [0.1, 0.15) is 6.92 Å². The van der Waals surface area contributed by atoms with Crippen LogP contribution in [0, 0.1) is 0 Å². The van der Waals surface area contributed by atoms with Gasteiger partial charge in [-0.1, -0.05) is 54.3 Å². The van der Waals surface area contributed by atoms with E-state index in [2.05, 4.69) is 25.2 Å². The van der Waals surface area contributed by atoms with Crippen molar-refractivity contribution in [2.24, 2.45) is 0 Å². The summed E-state index contributed by atoms with van der Waals surface area (Å²) in [6.07, 6.45) is 1.56. The third-order valence-corrected chi connectivity index (χ3v) is 5.26. The summed E-state index contributed by atoms with van der Waals surface area (Å²) in [6.45, 7) is 6.65. The summed E-state index contributed by atoms with van der Waals surface area (Å²) < 4.78 is 4.87. The summed E-state index contributed by atoms with van der Waals surface area (Å²) in [5, 5.41) is 1.32. The molecule has 0 radical (unpaired) electrons. The molecular formula is C13H18O2Si. The summed E-state index contributed by atoms with van der Waals surface area (Å²) in [5.41, 5.74) is 2.01. The quantitative estimate of drug-likeness (QED) is 0.454. The van der Waals surface area contributed by atoms with Gasteiger partial charge in [-0.3, -0.25) is 0 Å². The van der Waals surface area contributed by atoms with Gasteiger partial charge in [-0.25, -0.2) is 4.79 Å². The van der Waals surface area contributed by atoms with Crippen LogP contribution < -0.4 is 5.19 Å². The molecule has 1 rings (SSSR count). The molecule has 0 saturated heterocycles. The van der Waals surface area contributed by atoms with Crippen molar-refractivity contribution in [1.29, 1.82) is 0 Å². The van der Waals surface area contributed by atoms with E-state index in [-0.39, 0.29) is 5.97 Å². The Hall–Kier alpha value is -1.35. The largest absolute Gasteiger partial charge is 0.463 e. The van der Waals surface area contributed by atoms with E-state index in [0.717, 1.165) is 0 Å². The average molecular weight is 234 g/mol. The maximum Gasteiger partial charge on any atom is 0.330 e. The van der Waals surface area contributed by atoms with E-state index in [0.29, 0.717) is 6.61 Å². The lowest BCUT2D eigenvalue weighted by molar-refractivity contribution is -0.137. The number of benzene rings is 1. The lowest BCUT2D eigenvalue weighted by atomic mass is 10.4. The molecule has 86 valence electrons. The molecule has 1 aromatic carbocycles. The lowest BCUT2D eigenvalue weighted by Crippen LogP contribution is -2.39. The van der Waals surface area contributed by atoms with Crippen molar-refractivity contribution in [1.82, 2.24) is 0 Å². The highest BCUT2D eigenvalue weighted by Gasteiger charge is 2.19. The van der Waals surface area contributed by atoms with Crippen molar-refractivity contribution in [3.8, 4) is 0 Å². The van der Waals surface area contributed by atoms with E-state index in [9.17, 15) is 4.79 Å². The molecule has 0 saturated carbocycles. The monoisotopic (exact) mass is 234 g/mol. The fourth-order valence-electron chi connectivity index (χ4n) is 1.43. The van der Waals surface area contributed by atoms with Gasteiger partial charge in [-0.05, 0) is 6.92 Å². The molecule has 0 aliphatic carbocycles. The maximum absolute atomic E-state index is 11.2. The number of esters is 1. The Kier molecular flexibility index (Phi) is 4.49. The van der Waals surface area contributed by atoms with E-state index in [4.69, 9.17) is 4.74 Å². The molecule has 2 nitrogen and oxygen atoms in total. The Morgan fingerprint density at radius 1 is 1.31 bits per heavy atom. The first-order valence-electron chi connectivity index (χ1n) is 5.48. The van der Waals surface area contributed by atoms with Crippen LogP contribution in [0.15, 0.2) is 42.1 Å². The molecule has 0 atom stereocenters. The summed E-state index contributed by atoms with van der Waals surface area (Å²) in [4.78, 5) is 11.2. The molecule has 0 N–H and O–H groups in total. The minimum atomic E-state index is -1.65. The highest BCUT2D eigenvalue weighted by atomic mass is 28.3. The molecule has 0 fully saturated rings. The molecule has 16 heavy (non-hydrogen) atoms. The molecule has 0 unspecified atom stereocenters. The van der Waals surface area contributed by atoms with Crippen LogP contribution in [0.25, 0.3) is 0 Å². The molecular weight excluding hydrogens is 216 g/mol. The van der Waals surface area contributed by atoms with E-state index < -0.39 is 8.07 Å². The van der Waals surface area contributed by atoms with E-state index in [1.54, 1.807) is 6.08 Å². The van der Waals surface area contributed by atoms with Gasteiger partial charge in [0.15, 0.2) is 0 Å². The Labute approximate surface area is 98.0 Å². The first-order chi connectivity index (χ1) is 7.56. The number of hydrogen-bond acceptors (Lipinski definition) is 2. The third kappa shape index (κ3) is 3.66. The van der Waals surface area contributed by atoms with Gasteiger partial charge in [0.05, 0.1) is 6.61 Å². The zero-order valence-corrected chi connectivity index (χ0v) is 11.1. The van der Waals surface area contributed by atoms with Crippen LogP contribution >= 0.6 is 0 Å². The molecule has 0 aliphatic rings. The minimum absolute atomic E-state index is 0.251. The Morgan fingerprint density at radius 2 is 1.94 bits per heavy atom. The van der Waals surface area contributed by atoms with Gasteiger partial charge < -0.3 is 4.74 Å². The van der Waals surface area contributed by atoms with Crippen LogP contribution in [0.2, 0.25) is 13.1 Å². The summed E-state index contributed by atoms with van der Waals surface area (Å²) in [5.74, 6) is -0.251. The summed E-state index contributed by atoms with van der Waals surface area (Å²) >= 11 is 0. The number of ether oxygens (including phenoxy) is 1. The molecule has 0 aromatic heterocycles. The van der Waals surface area contributed by atoms with E-state index in [1.807, 2.05) is 30.8 Å². The predicted octanol–water partition coefficient (Wildman–Crippen LogP) is 2.26. The molecule has 0 heterocycles. The fourth-order valence-corrected chi connectivity index (χ4v) is 3.23. The van der Waals surface area contributed by atoms with Crippen molar-refractivity contribution in [3.05, 3.63) is 42.1 Å². The fraction of sp³-hybridized carbons (Fsp3) is 0.308. The lowest BCUT2D eigenvalue weighted by Gasteiger charge is -2.17. The summed E-state index contributed by atoms with van der Waals surface area (Å²) in [6, 6.07) is 10.3. The van der Waals surface area contributed by atoms with Crippen molar-refractivity contribution < 1.29 is 9.53 Å². The topological polar surface area (TPSA) is 26.3 Å². The SMILES string of the molecule is CCOC(=O)/C=C/[Si](C)(C)c1ccccc1. The molecule has 3 heteroatoms. The standard InChI is InChI=1S/C13H18O2Si/c1-4-15-13(14)10-11-16(2,3)12-8-6-5-7-9-12/h5-11H,4H2,1-3H3/b11-10+. The van der Waals surface area contributed by atoms with Gasteiger partial charge >= 0.3 is 5.97 Å². The van der Waals surface area contributed by atoms with Crippen molar-refractivity contribution in [2.45, 2.75) is 20.0 Å². The van der Waals surface area contributed by atoms with Gasteiger partial charge in [0.1, 0.15) is 8.07 Å². The Morgan fingerprint density at radius 3 is 2.50 bits per heavy atom. The molecule has 0 spiro atoms. The third-order valence-electron chi connectivity index (χ3n) is 2.44. The van der Waals surface area contributed by atoms with Gasteiger partial charge in [-0.2, -0.15) is 0 Å². The predicted molar refractivity (Wildman–Crippen MR) is 69.3 cm³/mol. The minimum Gasteiger partial charge on any atom is -0.463 e. The smallest absolute Gasteiger partial charge is 0.330 e. The number of carbonyl (C=O) groups excluding carboxylic acids is 1. The Balaban J connectivity index is 2.76. The van der Waals surface area contributed by atoms with Gasteiger partial charge in [0.2, 0.25) is 0 Å². The molecule has 0 aliphatic heterocycles. The highest BCUT2D eigenvalue weighted by molar-refractivity contribution is 6.94.